The molecule has 0 aliphatic heterocycles. The fraction of sp³-hybridized carbons (Fsp3) is 0.200. The summed E-state index contributed by atoms with van der Waals surface area (Å²) in [4.78, 5) is 4.77. The number of hydrogen-bond acceptors (Lipinski definition) is 2. The third-order valence-corrected chi connectivity index (χ3v) is 3.37. The maximum atomic E-state index is 2.26. The lowest BCUT2D eigenvalue weighted by atomic mass is 10.2. The SMILES string of the molecule is CN(C)Cc1cccc(Sc2ccccc2)c1. The summed E-state index contributed by atoms with van der Waals surface area (Å²) in [6.07, 6.45) is 0. The monoisotopic (exact) mass is 243 g/mol. The highest BCUT2D eigenvalue weighted by Gasteiger charge is 1.99. The average molecular weight is 243 g/mol. The van der Waals surface area contributed by atoms with Crippen molar-refractivity contribution in [1.82, 2.24) is 4.90 Å². The van der Waals surface area contributed by atoms with Crippen LogP contribution in [-0.4, -0.2) is 19.0 Å². The first kappa shape index (κ1) is 12.2. The maximum absolute atomic E-state index is 2.26. The summed E-state index contributed by atoms with van der Waals surface area (Å²) in [6.45, 7) is 0.989. The van der Waals surface area contributed by atoms with Gasteiger partial charge in [-0.05, 0) is 43.9 Å². The largest absolute Gasteiger partial charge is 0.305 e. The van der Waals surface area contributed by atoms with Crippen LogP contribution in [0.25, 0.3) is 0 Å². The van der Waals surface area contributed by atoms with Crippen LogP contribution in [-0.2, 0) is 6.54 Å². The van der Waals surface area contributed by atoms with Crippen molar-refractivity contribution >= 4 is 11.8 Å². The summed E-state index contributed by atoms with van der Waals surface area (Å²) in [7, 11) is 4.19. The summed E-state index contributed by atoms with van der Waals surface area (Å²) in [5.41, 5.74) is 1.36. The van der Waals surface area contributed by atoms with Crippen LogP contribution >= 0.6 is 11.8 Å². The van der Waals surface area contributed by atoms with Gasteiger partial charge in [0.2, 0.25) is 0 Å². The van der Waals surface area contributed by atoms with Crippen LogP contribution in [0.3, 0.4) is 0 Å². The van der Waals surface area contributed by atoms with Crippen molar-refractivity contribution in [3.63, 3.8) is 0 Å². The Bertz CT molecular complexity index is 465. The molecule has 0 heterocycles. The van der Waals surface area contributed by atoms with E-state index < -0.39 is 0 Å². The van der Waals surface area contributed by atoms with E-state index in [1.54, 1.807) is 0 Å². The predicted octanol–water partition coefficient (Wildman–Crippen LogP) is 3.90. The molecule has 0 aromatic heterocycles. The van der Waals surface area contributed by atoms with Crippen LogP contribution in [0.15, 0.2) is 64.4 Å². The fourth-order valence-corrected chi connectivity index (χ4v) is 2.62. The smallest absolute Gasteiger partial charge is 0.0228 e. The minimum atomic E-state index is 0.989. The van der Waals surface area contributed by atoms with Crippen LogP contribution in [0, 0.1) is 0 Å². The molecule has 2 aromatic carbocycles. The molecule has 0 bridgehead atoms. The zero-order valence-corrected chi connectivity index (χ0v) is 11.1. The Morgan fingerprint density at radius 2 is 1.59 bits per heavy atom. The topological polar surface area (TPSA) is 3.24 Å². The Hall–Kier alpha value is -1.25. The lowest BCUT2D eigenvalue weighted by molar-refractivity contribution is 0.402. The van der Waals surface area contributed by atoms with E-state index in [1.165, 1.54) is 15.4 Å². The molecule has 1 nitrogen and oxygen atoms in total. The Morgan fingerprint density at radius 1 is 0.882 bits per heavy atom. The molecule has 0 spiro atoms. The van der Waals surface area contributed by atoms with E-state index in [-0.39, 0.29) is 0 Å². The van der Waals surface area contributed by atoms with Gasteiger partial charge >= 0.3 is 0 Å². The van der Waals surface area contributed by atoms with Crippen molar-refractivity contribution in [3.8, 4) is 0 Å². The summed E-state index contributed by atoms with van der Waals surface area (Å²) < 4.78 is 0. The number of benzene rings is 2. The van der Waals surface area contributed by atoms with E-state index in [9.17, 15) is 0 Å². The summed E-state index contributed by atoms with van der Waals surface area (Å²) in [5, 5.41) is 0. The van der Waals surface area contributed by atoms with Crippen molar-refractivity contribution in [2.45, 2.75) is 16.3 Å². The molecule has 2 rings (SSSR count). The van der Waals surface area contributed by atoms with Crippen LogP contribution in [0.5, 0.6) is 0 Å². The van der Waals surface area contributed by atoms with Crippen molar-refractivity contribution in [3.05, 3.63) is 60.2 Å². The van der Waals surface area contributed by atoms with Crippen LogP contribution in [0.4, 0.5) is 0 Å². The van der Waals surface area contributed by atoms with Gasteiger partial charge in [-0.15, -0.1) is 0 Å². The van der Waals surface area contributed by atoms with Crippen LogP contribution in [0.1, 0.15) is 5.56 Å². The van der Waals surface area contributed by atoms with Gasteiger partial charge in [-0.25, -0.2) is 0 Å². The molecule has 88 valence electrons. The van der Waals surface area contributed by atoms with E-state index in [0.717, 1.165) is 6.54 Å². The molecule has 0 saturated carbocycles. The first-order chi connectivity index (χ1) is 8.24. The second-order valence-electron chi connectivity index (χ2n) is 4.30. The summed E-state index contributed by atoms with van der Waals surface area (Å²) >= 11 is 1.81. The predicted molar refractivity (Wildman–Crippen MR) is 74.4 cm³/mol. The van der Waals surface area contributed by atoms with Gasteiger partial charge in [0, 0.05) is 16.3 Å². The van der Waals surface area contributed by atoms with E-state index in [0.29, 0.717) is 0 Å². The molecule has 0 atom stereocenters. The molecule has 17 heavy (non-hydrogen) atoms. The fourth-order valence-electron chi connectivity index (χ4n) is 1.70. The second-order valence-corrected chi connectivity index (χ2v) is 5.45. The molecular weight excluding hydrogens is 226 g/mol. The highest BCUT2D eigenvalue weighted by molar-refractivity contribution is 7.99. The highest BCUT2D eigenvalue weighted by atomic mass is 32.2. The minimum Gasteiger partial charge on any atom is -0.305 e. The van der Waals surface area contributed by atoms with Gasteiger partial charge in [0.15, 0.2) is 0 Å². The van der Waals surface area contributed by atoms with Crippen molar-refractivity contribution in [2.75, 3.05) is 14.1 Å². The first-order valence-electron chi connectivity index (χ1n) is 5.70. The Balaban J connectivity index is 2.11. The van der Waals surface area contributed by atoms with Gasteiger partial charge in [0.05, 0.1) is 0 Å². The Labute approximate surface area is 107 Å². The Kier molecular flexibility index (Phi) is 4.24. The minimum absolute atomic E-state index is 0.989. The van der Waals surface area contributed by atoms with Gasteiger partial charge < -0.3 is 4.90 Å². The third-order valence-electron chi connectivity index (χ3n) is 2.38. The van der Waals surface area contributed by atoms with Crippen LogP contribution < -0.4 is 0 Å². The molecule has 0 unspecified atom stereocenters. The molecule has 0 aliphatic carbocycles. The molecule has 0 saturated heterocycles. The molecule has 0 N–H and O–H groups in total. The van der Waals surface area contributed by atoms with E-state index in [2.05, 4.69) is 67.5 Å². The van der Waals surface area contributed by atoms with Crippen molar-refractivity contribution in [1.29, 1.82) is 0 Å². The molecule has 0 amide bonds. The molecule has 0 radical (unpaired) electrons. The maximum Gasteiger partial charge on any atom is 0.0228 e. The average Bonchev–Trinajstić information content (AvgIpc) is 2.30. The zero-order valence-electron chi connectivity index (χ0n) is 10.3. The second kappa shape index (κ2) is 5.89. The normalized spacial score (nSPS) is 10.8. The van der Waals surface area contributed by atoms with Gasteiger partial charge in [-0.1, -0.05) is 42.1 Å². The standard InChI is InChI=1S/C15H17NS/c1-16(2)12-13-7-6-10-15(11-13)17-14-8-4-3-5-9-14/h3-11H,12H2,1-2H3. The lowest BCUT2D eigenvalue weighted by Crippen LogP contribution is -2.10. The Morgan fingerprint density at radius 3 is 2.29 bits per heavy atom. The van der Waals surface area contributed by atoms with Gasteiger partial charge in [0.25, 0.3) is 0 Å². The van der Waals surface area contributed by atoms with Gasteiger partial charge in [-0.2, -0.15) is 0 Å². The zero-order chi connectivity index (χ0) is 12.1. The molecular formula is C15H17NS. The molecule has 2 aromatic rings. The van der Waals surface area contributed by atoms with Crippen molar-refractivity contribution < 1.29 is 0 Å². The van der Waals surface area contributed by atoms with Gasteiger partial charge in [-0.3, -0.25) is 0 Å². The summed E-state index contributed by atoms with van der Waals surface area (Å²) in [6, 6.07) is 19.2. The van der Waals surface area contributed by atoms with Gasteiger partial charge in [0.1, 0.15) is 0 Å². The number of nitrogens with zero attached hydrogens (tertiary/aromatic N) is 1. The molecule has 0 fully saturated rings. The lowest BCUT2D eigenvalue weighted by Gasteiger charge is -2.10. The van der Waals surface area contributed by atoms with Crippen LogP contribution in [0.2, 0.25) is 0 Å². The number of rotatable bonds is 4. The highest BCUT2D eigenvalue weighted by Crippen LogP contribution is 2.27. The van der Waals surface area contributed by atoms with Crippen molar-refractivity contribution in [2.24, 2.45) is 0 Å². The molecule has 2 heteroatoms. The number of hydrogen-bond donors (Lipinski definition) is 0. The van der Waals surface area contributed by atoms with E-state index >= 15 is 0 Å². The molecule has 0 aliphatic rings. The van der Waals surface area contributed by atoms with E-state index in [1.807, 2.05) is 17.8 Å². The first-order valence-corrected chi connectivity index (χ1v) is 6.52. The quantitative estimate of drug-likeness (QED) is 0.801. The van der Waals surface area contributed by atoms with E-state index in [4.69, 9.17) is 0 Å². The summed E-state index contributed by atoms with van der Waals surface area (Å²) in [5.74, 6) is 0. The third kappa shape index (κ3) is 3.91.